The number of nitrogens with zero attached hydrogens (tertiary/aromatic N) is 1. The van der Waals surface area contributed by atoms with E-state index in [0.29, 0.717) is 18.2 Å². The molecule has 0 bridgehead atoms. The Hall–Kier alpha value is -1.07. The summed E-state index contributed by atoms with van der Waals surface area (Å²) in [7, 11) is 1.69. The highest BCUT2D eigenvalue weighted by atomic mass is 35.5. The Balaban J connectivity index is 2.25. The van der Waals surface area contributed by atoms with Crippen molar-refractivity contribution < 1.29 is 9.84 Å². The van der Waals surface area contributed by atoms with Gasteiger partial charge in [0, 0.05) is 48.9 Å². The first-order valence-electron chi connectivity index (χ1n) is 6.77. The van der Waals surface area contributed by atoms with Crippen molar-refractivity contribution in [2.24, 2.45) is 0 Å². The van der Waals surface area contributed by atoms with Crippen molar-refractivity contribution >= 4 is 22.5 Å². The van der Waals surface area contributed by atoms with Gasteiger partial charge < -0.3 is 19.7 Å². The van der Waals surface area contributed by atoms with Crippen LogP contribution in [-0.2, 0) is 17.8 Å². The lowest BCUT2D eigenvalue weighted by Gasteiger charge is -2.07. The van der Waals surface area contributed by atoms with Gasteiger partial charge in [0.1, 0.15) is 0 Å². The van der Waals surface area contributed by atoms with E-state index >= 15 is 0 Å². The molecule has 1 unspecified atom stereocenters. The second-order valence-corrected chi connectivity index (χ2v) is 5.42. The van der Waals surface area contributed by atoms with Crippen molar-refractivity contribution in [2.75, 3.05) is 20.3 Å². The highest BCUT2D eigenvalue weighted by molar-refractivity contribution is 6.31. The third kappa shape index (κ3) is 3.73. The molecule has 4 nitrogen and oxygen atoms in total. The van der Waals surface area contributed by atoms with E-state index in [0.717, 1.165) is 18.6 Å². The number of hydrogen-bond donors (Lipinski definition) is 2. The first kappa shape index (κ1) is 15.3. The minimum absolute atomic E-state index is 0.390. The Bertz CT molecular complexity index is 566. The Labute approximate surface area is 124 Å². The largest absolute Gasteiger partial charge is 0.392 e. The second-order valence-electron chi connectivity index (χ2n) is 4.99. The maximum absolute atomic E-state index is 9.60. The number of methoxy groups -OCH3 is 1. The third-order valence-electron chi connectivity index (χ3n) is 3.19. The van der Waals surface area contributed by atoms with Crippen LogP contribution in [0.25, 0.3) is 10.9 Å². The van der Waals surface area contributed by atoms with E-state index in [1.165, 1.54) is 10.9 Å². The Morgan fingerprint density at radius 2 is 2.25 bits per heavy atom. The SMILES string of the molecule is COCCNCc1cn(CC(C)O)c2cc(Cl)ccc12. The number of hydrogen-bond acceptors (Lipinski definition) is 3. The second kappa shape index (κ2) is 7.09. The monoisotopic (exact) mass is 296 g/mol. The molecule has 0 saturated carbocycles. The molecule has 0 fully saturated rings. The van der Waals surface area contributed by atoms with Crippen molar-refractivity contribution in [3.8, 4) is 0 Å². The van der Waals surface area contributed by atoms with Crippen molar-refractivity contribution in [3.05, 3.63) is 35.0 Å². The number of benzene rings is 1. The van der Waals surface area contributed by atoms with E-state index in [-0.39, 0.29) is 6.10 Å². The van der Waals surface area contributed by atoms with Gasteiger partial charge >= 0.3 is 0 Å². The molecule has 0 aliphatic heterocycles. The predicted molar refractivity (Wildman–Crippen MR) is 82.2 cm³/mol. The smallest absolute Gasteiger partial charge is 0.0691 e. The number of ether oxygens (including phenoxy) is 1. The standard InChI is InChI=1S/C15H21ClN2O2/c1-11(19)9-18-10-12(8-17-5-6-20-2)14-4-3-13(16)7-15(14)18/h3-4,7,10-11,17,19H,5-6,8-9H2,1-2H3. The molecule has 5 heteroatoms. The molecule has 0 spiro atoms. The van der Waals surface area contributed by atoms with Gasteiger partial charge in [0.05, 0.1) is 12.7 Å². The number of aromatic nitrogens is 1. The van der Waals surface area contributed by atoms with Gasteiger partial charge in [0.25, 0.3) is 0 Å². The number of nitrogens with one attached hydrogen (secondary N) is 1. The highest BCUT2D eigenvalue weighted by Crippen LogP contribution is 2.25. The number of fused-ring (bicyclic) bond motifs is 1. The fourth-order valence-corrected chi connectivity index (χ4v) is 2.48. The summed E-state index contributed by atoms with van der Waals surface area (Å²) in [5, 5.41) is 14.8. The molecular weight excluding hydrogens is 276 g/mol. The number of aliphatic hydroxyl groups excluding tert-OH is 1. The zero-order valence-electron chi connectivity index (χ0n) is 11.9. The average molecular weight is 297 g/mol. The lowest BCUT2D eigenvalue weighted by molar-refractivity contribution is 0.175. The molecule has 2 rings (SSSR count). The number of rotatable bonds is 7. The summed E-state index contributed by atoms with van der Waals surface area (Å²) in [6, 6.07) is 5.87. The van der Waals surface area contributed by atoms with Gasteiger partial charge in [-0.3, -0.25) is 0 Å². The fraction of sp³-hybridized carbons (Fsp3) is 0.467. The number of halogens is 1. The normalized spacial score (nSPS) is 13.0. The summed E-state index contributed by atoms with van der Waals surface area (Å²) in [5.41, 5.74) is 2.26. The van der Waals surface area contributed by atoms with Gasteiger partial charge in [0.15, 0.2) is 0 Å². The zero-order valence-corrected chi connectivity index (χ0v) is 12.7. The van der Waals surface area contributed by atoms with E-state index in [1.807, 2.05) is 18.2 Å². The van der Waals surface area contributed by atoms with Crippen LogP contribution < -0.4 is 5.32 Å². The van der Waals surface area contributed by atoms with Crippen LogP contribution in [0.3, 0.4) is 0 Å². The van der Waals surface area contributed by atoms with E-state index < -0.39 is 0 Å². The maximum atomic E-state index is 9.60. The molecule has 0 amide bonds. The Morgan fingerprint density at radius 1 is 1.45 bits per heavy atom. The van der Waals surface area contributed by atoms with Gasteiger partial charge in [-0.1, -0.05) is 17.7 Å². The minimum Gasteiger partial charge on any atom is -0.392 e. The molecule has 0 radical (unpaired) electrons. The summed E-state index contributed by atoms with van der Waals surface area (Å²) >= 11 is 6.07. The van der Waals surface area contributed by atoms with Gasteiger partial charge in [-0.05, 0) is 24.6 Å². The average Bonchev–Trinajstić information content (AvgIpc) is 2.72. The van der Waals surface area contributed by atoms with Crippen LogP contribution in [0.5, 0.6) is 0 Å². The topological polar surface area (TPSA) is 46.4 Å². The Morgan fingerprint density at radius 3 is 2.95 bits per heavy atom. The van der Waals surface area contributed by atoms with E-state index in [4.69, 9.17) is 16.3 Å². The van der Waals surface area contributed by atoms with Crippen LogP contribution in [0.15, 0.2) is 24.4 Å². The molecule has 1 aromatic carbocycles. The molecule has 110 valence electrons. The van der Waals surface area contributed by atoms with Crippen LogP contribution in [0.1, 0.15) is 12.5 Å². The van der Waals surface area contributed by atoms with Crippen LogP contribution in [0.4, 0.5) is 0 Å². The summed E-state index contributed by atoms with van der Waals surface area (Å²) < 4.78 is 7.08. The van der Waals surface area contributed by atoms with Gasteiger partial charge in [-0.15, -0.1) is 0 Å². The highest BCUT2D eigenvalue weighted by Gasteiger charge is 2.10. The molecule has 0 aliphatic rings. The van der Waals surface area contributed by atoms with Crippen molar-refractivity contribution in [1.29, 1.82) is 0 Å². The number of aliphatic hydroxyl groups is 1. The molecular formula is C15H21ClN2O2. The maximum Gasteiger partial charge on any atom is 0.0691 e. The molecule has 1 atom stereocenters. The lowest BCUT2D eigenvalue weighted by Crippen LogP contribution is -2.18. The van der Waals surface area contributed by atoms with Crippen LogP contribution in [0.2, 0.25) is 5.02 Å². The van der Waals surface area contributed by atoms with Crippen molar-refractivity contribution in [1.82, 2.24) is 9.88 Å². The lowest BCUT2D eigenvalue weighted by atomic mass is 10.2. The summed E-state index contributed by atoms with van der Waals surface area (Å²) in [6.45, 7) is 4.63. The van der Waals surface area contributed by atoms with Gasteiger partial charge in [0.2, 0.25) is 0 Å². The van der Waals surface area contributed by atoms with Crippen molar-refractivity contribution in [2.45, 2.75) is 26.1 Å². The minimum atomic E-state index is -0.390. The van der Waals surface area contributed by atoms with Crippen LogP contribution in [-0.4, -0.2) is 36.0 Å². The fourth-order valence-electron chi connectivity index (χ4n) is 2.32. The van der Waals surface area contributed by atoms with Crippen LogP contribution >= 0.6 is 11.6 Å². The first-order chi connectivity index (χ1) is 9.61. The molecule has 0 saturated heterocycles. The van der Waals surface area contributed by atoms with Gasteiger partial charge in [-0.25, -0.2) is 0 Å². The van der Waals surface area contributed by atoms with Gasteiger partial charge in [-0.2, -0.15) is 0 Å². The van der Waals surface area contributed by atoms with Crippen molar-refractivity contribution in [3.63, 3.8) is 0 Å². The molecule has 1 heterocycles. The third-order valence-corrected chi connectivity index (χ3v) is 3.42. The summed E-state index contributed by atoms with van der Waals surface area (Å²) in [4.78, 5) is 0. The molecule has 20 heavy (non-hydrogen) atoms. The summed E-state index contributed by atoms with van der Waals surface area (Å²) in [5.74, 6) is 0. The first-order valence-corrected chi connectivity index (χ1v) is 7.14. The molecule has 1 aromatic heterocycles. The van der Waals surface area contributed by atoms with E-state index in [1.54, 1.807) is 14.0 Å². The van der Waals surface area contributed by atoms with Crippen LogP contribution in [0, 0.1) is 0 Å². The van der Waals surface area contributed by atoms with E-state index in [2.05, 4.69) is 16.1 Å². The molecule has 2 aromatic rings. The summed E-state index contributed by atoms with van der Waals surface area (Å²) in [6.07, 6.45) is 1.69. The molecule has 2 N–H and O–H groups in total. The predicted octanol–water partition coefficient (Wildman–Crippen LogP) is 2.41. The van der Waals surface area contributed by atoms with E-state index in [9.17, 15) is 5.11 Å². The zero-order chi connectivity index (χ0) is 14.5. The molecule has 0 aliphatic carbocycles. The quantitative estimate of drug-likeness (QED) is 0.771. The Kier molecular flexibility index (Phi) is 5.43.